The predicted molar refractivity (Wildman–Crippen MR) is 136 cm³/mol. The molecule has 0 unspecified atom stereocenters. The molecule has 2 aromatic heterocycles. The van der Waals surface area contributed by atoms with E-state index in [1.54, 1.807) is 25.1 Å². The standard InChI is InChI=1S/C28H33N3O5/c1-3-20-10-7-8-13-22(20)31(25(32)18-29-27(33)24-14-9-17-35-24)26(23-16-15-19(2)36-23)28(34)30-21-11-5-4-6-12-21/h7-10,13-17,21,26H,3-6,11-12,18H2,1-2H3,(H,29,33)(H,30,34)/t26-/m0/s1. The number of hydrogen-bond donors (Lipinski definition) is 2. The first-order chi connectivity index (χ1) is 17.5. The molecule has 36 heavy (non-hydrogen) atoms. The molecule has 3 amide bonds. The highest BCUT2D eigenvalue weighted by Gasteiger charge is 2.37. The summed E-state index contributed by atoms with van der Waals surface area (Å²) in [5.41, 5.74) is 1.51. The molecule has 1 aliphatic carbocycles. The molecule has 3 aromatic rings. The normalized spacial score (nSPS) is 14.7. The highest BCUT2D eigenvalue weighted by atomic mass is 16.3. The van der Waals surface area contributed by atoms with E-state index in [0.717, 1.165) is 37.7 Å². The first-order valence-electron chi connectivity index (χ1n) is 12.6. The lowest BCUT2D eigenvalue weighted by atomic mass is 9.95. The molecule has 4 rings (SSSR count). The lowest BCUT2D eigenvalue weighted by Crippen LogP contribution is -2.49. The summed E-state index contributed by atoms with van der Waals surface area (Å²) in [5.74, 6) is -0.118. The SMILES string of the molecule is CCc1ccccc1N(C(=O)CNC(=O)c1ccco1)[C@H](C(=O)NC1CCCCC1)c1ccc(C)o1. The Morgan fingerprint density at radius 3 is 2.47 bits per heavy atom. The molecule has 0 aliphatic heterocycles. The molecule has 0 saturated heterocycles. The maximum Gasteiger partial charge on any atom is 0.287 e. The summed E-state index contributed by atoms with van der Waals surface area (Å²) < 4.78 is 11.0. The average molecular weight is 492 g/mol. The maximum absolute atomic E-state index is 13.8. The zero-order chi connectivity index (χ0) is 25.5. The maximum atomic E-state index is 13.8. The van der Waals surface area contributed by atoms with Crippen LogP contribution in [0.4, 0.5) is 5.69 Å². The molecular weight excluding hydrogens is 458 g/mol. The van der Waals surface area contributed by atoms with Crippen LogP contribution in [0.3, 0.4) is 0 Å². The van der Waals surface area contributed by atoms with Crippen molar-refractivity contribution in [3.8, 4) is 0 Å². The van der Waals surface area contributed by atoms with E-state index in [9.17, 15) is 14.4 Å². The van der Waals surface area contributed by atoms with Crippen molar-refractivity contribution in [2.75, 3.05) is 11.4 Å². The summed E-state index contributed by atoms with van der Waals surface area (Å²) in [6.45, 7) is 3.48. The Balaban J connectivity index is 1.69. The van der Waals surface area contributed by atoms with Crippen molar-refractivity contribution in [1.82, 2.24) is 10.6 Å². The first-order valence-corrected chi connectivity index (χ1v) is 12.6. The van der Waals surface area contributed by atoms with Gasteiger partial charge >= 0.3 is 0 Å². The number of nitrogens with one attached hydrogen (secondary N) is 2. The lowest BCUT2D eigenvalue weighted by Gasteiger charge is -2.33. The minimum atomic E-state index is -1.03. The van der Waals surface area contributed by atoms with Crippen LogP contribution in [-0.2, 0) is 16.0 Å². The molecule has 0 spiro atoms. The number of nitrogens with zero attached hydrogens (tertiary/aromatic N) is 1. The van der Waals surface area contributed by atoms with Gasteiger partial charge in [0.15, 0.2) is 11.8 Å². The number of hydrogen-bond acceptors (Lipinski definition) is 5. The van der Waals surface area contributed by atoms with Gasteiger partial charge in [-0.3, -0.25) is 19.3 Å². The summed E-state index contributed by atoms with van der Waals surface area (Å²) >= 11 is 0. The largest absolute Gasteiger partial charge is 0.464 e. The summed E-state index contributed by atoms with van der Waals surface area (Å²) in [6, 6.07) is 13.2. The van der Waals surface area contributed by atoms with E-state index in [2.05, 4.69) is 10.6 Å². The Hall–Kier alpha value is -3.81. The van der Waals surface area contributed by atoms with Crippen molar-refractivity contribution in [3.05, 3.63) is 77.6 Å². The Bertz CT molecular complexity index is 1180. The van der Waals surface area contributed by atoms with Crippen molar-refractivity contribution in [1.29, 1.82) is 0 Å². The third-order valence-corrected chi connectivity index (χ3v) is 6.53. The molecule has 1 aliphatic rings. The quantitative estimate of drug-likeness (QED) is 0.452. The van der Waals surface area contributed by atoms with Crippen LogP contribution in [0.2, 0.25) is 0 Å². The van der Waals surface area contributed by atoms with Gasteiger partial charge in [-0.2, -0.15) is 0 Å². The fourth-order valence-electron chi connectivity index (χ4n) is 4.70. The van der Waals surface area contributed by atoms with Crippen molar-refractivity contribution < 1.29 is 23.2 Å². The first kappa shape index (κ1) is 25.3. The number of anilines is 1. The molecule has 190 valence electrons. The van der Waals surface area contributed by atoms with E-state index in [1.165, 1.54) is 17.2 Å². The summed E-state index contributed by atoms with van der Waals surface area (Å²) in [5, 5.41) is 5.78. The average Bonchev–Trinajstić information content (AvgIpc) is 3.58. The highest BCUT2D eigenvalue weighted by molar-refractivity contribution is 6.04. The Morgan fingerprint density at radius 1 is 1.03 bits per heavy atom. The van der Waals surface area contributed by atoms with Crippen LogP contribution in [0.5, 0.6) is 0 Å². The van der Waals surface area contributed by atoms with Crippen molar-refractivity contribution in [2.24, 2.45) is 0 Å². The van der Waals surface area contributed by atoms with Gasteiger partial charge in [0.2, 0.25) is 5.91 Å². The van der Waals surface area contributed by atoms with Crippen LogP contribution in [0, 0.1) is 6.92 Å². The van der Waals surface area contributed by atoms with Crippen LogP contribution >= 0.6 is 0 Å². The molecule has 1 saturated carbocycles. The van der Waals surface area contributed by atoms with E-state index >= 15 is 0 Å². The van der Waals surface area contributed by atoms with Crippen LogP contribution < -0.4 is 15.5 Å². The Kier molecular flexibility index (Phi) is 8.25. The van der Waals surface area contributed by atoms with Gasteiger partial charge < -0.3 is 19.5 Å². The van der Waals surface area contributed by atoms with E-state index < -0.39 is 17.9 Å². The second-order valence-corrected chi connectivity index (χ2v) is 9.10. The second-order valence-electron chi connectivity index (χ2n) is 9.10. The van der Waals surface area contributed by atoms with Gasteiger partial charge in [-0.15, -0.1) is 0 Å². The van der Waals surface area contributed by atoms with E-state index in [4.69, 9.17) is 8.83 Å². The third-order valence-electron chi connectivity index (χ3n) is 6.53. The number of furan rings is 2. The summed E-state index contributed by atoms with van der Waals surface area (Å²) in [4.78, 5) is 41.5. The van der Waals surface area contributed by atoms with Crippen LogP contribution in [0.15, 0.2) is 63.6 Å². The Labute approximate surface area is 211 Å². The van der Waals surface area contributed by atoms with Gasteiger partial charge in [0, 0.05) is 11.7 Å². The Morgan fingerprint density at radius 2 is 1.81 bits per heavy atom. The highest BCUT2D eigenvalue weighted by Crippen LogP contribution is 2.32. The van der Waals surface area contributed by atoms with Gasteiger partial charge in [0.1, 0.15) is 11.5 Å². The van der Waals surface area contributed by atoms with Gasteiger partial charge in [0.05, 0.1) is 12.8 Å². The van der Waals surface area contributed by atoms with E-state index in [1.807, 2.05) is 31.2 Å². The molecule has 1 aromatic carbocycles. The molecule has 0 radical (unpaired) electrons. The topological polar surface area (TPSA) is 105 Å². The van der Waals surface area contributed by atoms with Crippen LogP contribution in [0.25, 0.3) is 0 Å². The minimum Gasteiger partial charge on any atom is -0.464 e. The zero-order valence-corrected chi connectivity index (χ0v) is 20.8. The van der Waals surface area contributed by atoms with E-state index in [0.29, 0.717) is 23.6 Å². The third kappa shape index (κ3) is 5.87. The van der Waals surface area contributed by atoms with E-state index in [-0.39, 0.29) is 24.3 Å². The van der Waals surface area contributed by atoms with Crippen molar-refractivity contribution in [2.45, 2.75) is 64.5 Å². The van der Waals surface area contributed by atoms with Crippen molar-refractivity contribution in [3.63, 3.8) is 0 Å². The molecule has 2 N–H and O–H groups in total. The second kappa shape index (κ2) is 11.7. The van der Waals surface area contributed by atoms with Crippen LogP contribution in [0.1, 0.15) is 72.7 Å². The number of para-hydroxylation sites is 1. The van der Waals surface area contributed by atoms with Crippen LogP contribution in [-0.4, -0.2) is 30.3 Å². The fourth-order valence-corrected chi connectivity index (χ4v) is 4.70. The monoisotopic (exact) mass is 491 g/mol. The number of aryl methyl sites for hydroxylation is 2. The molecule has 1 fully saturated rings. The molecule has 1 atom stereocenters. The molecular formula is C28H33N3O5. The minimum absolute atomic E-state index is 0.0573. The molecule has 8 nitrogen and oxygen atoms in total. The number of amides is 3. The van der Waals surface area contributed by atoms with Gasteiger partial charge in [-0.25, -0.2) is 0 Å². The predicted octanol–water partition coefficient (Wildman–Crippen LogP) is 4.70. The number of rotatable bonds is 9. The summed E-state index contributed by atoms with van der Waals surface area (Å²) in [6.07, 6.45) is 7.17. The lowest BCUT2D eigenvalue weighted by molar-refractivity contribution is -0.127. The van der Waals surface area contributed by atoms with Gasteiger partial charge in [-0.1, -0.05) is 44.4 Å². The number of carbonyl (C=O) groups excluding carboxylic acids is 3. The van der Waals surface area contributed by atoms with Gasteiger partial charge in [-0.05, 0) is 62.1 Å². The number of benzene rings is 1. The summed E-state index contributed by atoms with van der Waals surface area (Å²) in [7, 11) is 0. The molecule has 2 heterocycles. The molecule has 8 heteroatoms. The smallest absolute Gasteiger partial charge is 0.287 e. The number of carbonyl (C=O) groups is 3. The van der Waals surface area contributed by atoms with Crippen molar-refractivity contribution >= 4 is 23.4 Å². The zero-order valence-electron chi connectivity index (χ0n) is 20.8. The van der Waals surface area contributed by atoms with Gasteiger partial charge in [0.25, 0.3) is 11.8 Å². The fraction of sp³-hybridized carbons (Fsp3) is 0.393. The molecule has 0 bridgehead atoms.